The molecule has 8 heteroatoms. The molecule has 0 aliphatic carbocycles. The standard InChI is InChI=1S/C14H11N7O/c22-14(18-16-9-11-5-7-15-8-6-11)12-1-3-13(4-2-12)21-10-17-19-20-21/h1-10H,(H,18,22)/b16-9+. The van der Waals surface area contributed by atoms with Gasteiger partial charge in [-0.3, -0.25) is 9.78 Å². The number of aromatic nitrogens is 5. The molecular formula is C14H11N7O. The van der Waals surface area contributed by atoms with Gasteiger partial charge in [-0.25, -0.2) is 10.1 Å². The summed E-state index contributed by atoms with van der Waals surface area (Å²) in [5.74, 6) is -0.298. The van der Waals surface area contributed by atoms with Gasteiger partial charge in [-0.1, -0.05) is 0 Å². The van der Waals surface area contributed by atoms with E-state index in [0.717, 1.165) is 11.3 Å². The number of hydrogen-bond acceptors (Lipinski definition) is 6. The minimum atomic E-state index is -0.298. The zero-order valence-electron chi connectivity index (χ0n) is 11.4. The number of pyridine rings is 1. The largest absolute Gasteiger partial charge is 0.271 e. The van der Waals surface area contributed by atoms with Crippen LogP contribution in [0.4, 0.5) is 0 Å². The van der Waals surface area contributed by atoms with E-state index in [4.69, 9.17) is 0 Å². The summed E-state index contributed by atoms with van der Waals surface area (Å²) in [6.07, 6.45) is 6.34. The summed E-state index contributed by atoms with van der Waals surface area (Å²) in [5.41, 5.74) is 4.57. The topological polar surface area (TPSA) is 98.0 Å². The predicted molar refractivity (Wildman–Crippen MR) is 78.5 cm³/mol. The first-order valence-corrected chi connectivity index (χ1v) is 6.40. The molecule has 0 fully saturated rings. The fourth-order valence-corrected chi connectivity index (χ4v) is 1.72. The number of amides is 1. The summed E-state index contributed by atoms with van der Waals surface area (Å²) in [7, 11) is 0. The van der Waals surface area contributed by atoms with Crippen molar-refractivity contribution in [3.8, 4) is 5.69 Å². The zero-order chi connectivity index (χ0) is 15.2. The van der Waals surface area contributed by atoms with Crippen LogP contribution in [0.5, 0.6) is 0 Å². The van der Waals surface area contributed by atoms with Crippen LogP contribution in [0, 0.1) is 0 Å². The van der Waals surface area contributed by atoms with Crippen molar-refractivity contribution in [2.75, 3.05) is 0 Å². The summed E-state index contributed by atoms with van der Waals surface area (Å²) >= 11 is 0. The highest BCUT2D eigenvalue weighted by Gasteiger charge is 2.05. The van der Waals surface area contributed by atoms with Crippen LogP contribution in [0.15, 0.2) is 60.2 Å². The molecule has 0 bridgehead atoms. The lowest BCUT2D eigenvalue weighted by molar-refractivity contribution is 0.0955. The van der Waals surface area contributed by atoms with Crippen LogP contribution in [0.25, 0.3) is 5.69 Å². The monoisotopic (exact) mass is 293 g/mol. The number of carbonyl (C=O) groups is 1. The number of nitrogens with one attached hydrogen (secondary N) is 1. The van der Waals surface area contributed by atoms with Gasteiger partial charge in [-0.15, -0.1) is 5.10 Å². The van der Waals surface area contributed by atoms with E-state index < -0.39 is 0 Å². The molecule has 1 aromatic carbocycles. The molecule has 0 unspecified atom stereocenters. The number of hydrazone groups is 1. The molecule has 3 rings (SSSR count). The van der Waals surface area contributed by atoms with Gasteiger partial charge in [-0.2, -0.15) is 5.10 Å². The average Bonchev–Trinajstić information content (AvgIpc) is 3.10. The van der Waals surface area contributed by atoms with Gasteiger partial charge in [0.1, 0.15) is 6.33 Å². The molecular weight excluding hydrogens is 282 g/mol. The van der Waals surface area contributed by atoms with Gasteiger partial charge in [0.2, 0.25) is 0 Å². The fraction of sp³-hybridized carbons (Fsp3) is 0. The third-order valence-corrected chi connectivity index (χ3v) is 2.83. The minimum Gasteiger partial charge on any atom is -0.267 e. The van der Waals surface area contributed by atoms with Crippen LogP contribution in [0.2, 0.25) is 0 Å². The molecule has 1 N–H and O–H groups in total. The third-order valence-electron chi connectivity index (χ3n) is 2.83. The van der Waals surface area contributed by atoms with Crippen molar-refractivity contribution < 1.29 is 4.79 Å². The van der Waals surface area contributed by atoms with Crippen LogP contribution in [-0.2, 0) is 0 Å². The van der Waals surface area contributed by atoms with Gasteiger partial charge in [0.25, 0.3) is 5.91 Å². The van der Waals surface area contributed by atoms with Gasteiger partial charge in [0, 0.05) is 18.0 Å². The lowest BCUT2D eigenvalue weighted by Crippen LogP contribution is -2.17. The van der Waals surface area contributed by atoms with Gasteiger partial charge in [0.05, 0.1) is 11.9 Å². The van der Waals surface area contributed by atoms with Gasteiger partial charge < -0.3 is 0 Å². The molecule has 0 aliphatic heterocycles. The van der Waals surface area contributed by atoms with Crippen molar-refractivity contribution in [1.82, 2.24) is 30.6 Å². The molecule has 0 saturated heterocycles. The average molecular weight is 293 g/mol. The second-order valence-corrected chi connectivity index (χ2v) is 4.28. The normalized spacial score (nSPS) is 10.7. The molecule has 108 valence electrons. The van der Waals surface area contributed by atoms with Crippen molar-refractivity contribution in [3.05, 3.63) is 66.2 Å². The number of benzene rings is 1. The van der Waals surface area contributed by atoms with Gasteiger partial charge >= 0.3 is 0 Å². The van der Waals surface area contributed by atoms with Crippen LogP contribution in [0.3, 0.4) is 0 Å². The Morgan fingerprint density at radius 3 is 2.59 bits per heavy atom. The highest BCUT2D eigenvalue weighted by atomic mass is 16.2. The molecule has 22 heavy (non-hydrogen) atoms. The van der Waals surface area contributed by atoms with E-state index in [1.807, 2.05) is 0 Å². The quantitative estimate of drug-likeness (QED) is 0.567. The summed E-state index contributed by atoms with van der Waals surface area (Å²) < 4.78 is 1.50. The maximum absolute atomic E-state index is 11.9. The summed E-state index contributed by atoms with van der Waals surface area (Å²) in [5, 5.41) is 14.8. The van der Waals surface area contributed by atoms with E-state index in [1.54, 1.807) is 55.0 Å². The van der Waals surface area contributed by atoms with E-state index in [1.165, 1.54) is 11.0 Å². The lowest BCUT2D eigenvalue weighted by Gasteiger charge is -2.02. The van der Waals surface area contributed by atoms with Crippen LogP contribution >= 0.6 is 0 Å². The molecule has 0 radical (unpaired) electrons. The number of hydrogen-bond donors (Lipinski definition) is 1. The van der Waals surface area contributed by atoms with Crippen molar-refractivity contribution in [1.29, 1.82) is 0 Å². The zero-order valence-corrected chi connectivity index (χ0v) is 11.4. The van der Waals surface area contributed by atoms with Crippen molar-refractivity contribution in [2.45, 2.75) is 0 Å². The molecule has 0 saturated carbocycles. The Labute approximate surface area is 125 Å². The predicted octanol–water partition coefficient (Wildman–Crippen LogP) is 0.821. The Bertz CT molecular complexity index is 767. The number of tetrazole rings is 1. The number of carbonyl (C=O) groups excluding carboxylic acids is 1. The molecule has 1 amide bonds. The van der Waals surface area contributed by atoms with E-state index in [2.05, 4.69) is 31.0 Å². The van der Waals surface area contributed by atoms with Crippen LogP contribution in [0.1, 0.15) is 15.9 Å². The molecule has 0 atom stereocenters. The summed E-state index contributed by atoms with van der Waals surface area (Å²) in [6, 6.07) is 10.4. The highest BCUT2D eigenvalue weighted by Crippen LogP contribution is 2.07. The maximum Gasteiger partial charge on any atom is 0.271 e. The lowest BCUT2D eigenvalue weighted by atomic mass is 10.2. The molecule has 0 aliphatic rings. The van der Waals surface area contributed by atoms with E-state index in [9.17, 15) is 4.79 Å². The van der Waals surface area contributed by atoms with Crippen LogP contribution in [-0.4, -0.2) is 37.3 Å². The van der Waals surface area contributed by atoms with Gasteiger partial charge in [0.15, 0.2) is 0 Å². The third kappa shape index (κ3) is 3.18. The number of nitrogens with zero attached hydrogens (tertiary/aromatic N) is 6. The molecule has 3 aromatic rings. The number of rotatable bonds is 4. The second-order valence-electron chi connectivity index (χ2n) is 4.28. The van der Waals surface area contributed by atoms with Crippen molar-refractivity contribution in [3.63, 3.8) is 0 Å². The first-order chi connectivity index (χ1) is 10.8. The molecule has 0 spiro atoms. The first kappa shape index (κ1) is 13.6. The Kier molecular flexibility index (Phi) is 3.92. The molecule has 2 aromatic heterocycles. The van der Waals surface area contributed by atoms with Crippen molar-refractivity contribution in [2.24, 2.45) is 5.10 Å². The van der Waals surface area contributed by atoms with E-state index >= 15 is 0 Å². The Morgan fingerprint density at radius 2 is 1.91 bits per heavy atom. The maximum atomic E-state index is 11.9. The summed E-state index contributed by atoms with van der Waals surface area (Å²) in [6.45, 7) is 0. The van der Waals surface area contributed by atoms with Crippen LogP contribution < -0.4 is 5.43 Å². The van der Waals surface area contributed by atoms with Gasteiger partial charge in [-0.05, 0) is 52.4 Å². The Hall–Kier alpha value is -3.42. The van der Waals surface area contributed by atoms with E-state index in [0.29, 0.717) is 5.56 Å². The molecule has 8 nitrogen and oxygen atoms in total. The highest BCUT2D eigenvalue weighted by molar-refractivity contribution is 5.95. The van der Waals surface area contributed by atoms with E-state index in [-0.39, 0.29) is 5.91 Å². The first-order valence-electron chi connectivity index (χ1n) is 6.40. The smallest absolute Gasteiger partial charge is 0.267 e. The SMILES string of the molecule is O=C(N/N=C/c1ccncc1)c1ccc(-n2cnnn2)cc1. The Morgan fingerprint density at radius 1 is 1.14 bits per heavy atom. The van der Waals surface area contributed by atoms with Crippen molar-refractivity contribution >= 4 is 12.1 Å². The molecule has 2 heterocycles. The Balaban J connectivity index is 1.64. The second kappa shape index (κ2) is 6.35. The summed E-state index contributed by atoms with van der Waals surface area (Å²) in [4.78, 5) is 15.8. The fourth-order valence-electron chi connectivity index (χ4n) is 1.72. The minimum absolute atomic E-state index is 0.298.